The number of hydrogen-bond acceptors (Lipinski definition) is 5. The Labute approximate surface area is 176 Å². The monoisotopic (exact) mass is 411 g/mol. The third kappa shape index (κ3) is 4.16. The summed E-state index contributed by atoms with van der Waals surface area (Å²) < 4.78 is 10.4. The molecule has 0 bridgehead atoms. The number of quaternary nitrogens is 1. The van der Waals surface area contributed by atoms with Crippen LogP contribution in [0.5, 0.6) is 11.5 Å². The summed E-state index contributed by atoms with van der Waals surface area (Å²) >= 11 is 0. The molecule has 1 amide bonds. The lowest BCUT2D eigenvalue weighted by Gasteiger charge is -2.25. The molecule has 2 aromatic rings. The van der Waals surface area contributed by atoms with Gasteiger partial charge in [0.2, 0.25) is 0 Å². The number of likely N-dealkylation sites (tertiary alicyclic amines) is 1. The van der Waals surface area contributed by atoms with E-state index >= 15 is 0 Å². The highest BCUT2D eigenvalue weighted by molar-refractivity contribution is 6.46. The lowest BCUT2D eigenvalue weighted by molar-refractivity contribution is -0.857. The number of hydrogen-bond donors (Lipinski definition) is 2. The molecule has 0 spiro atoms. The zero-order valence-electron chi connectivity index (χ0n) is 17.6. The molecule has 1 heterocycles. The highest BCUT2D eigenvalue weighted by Crippen LogP contribution is 2.39. The van der Waals surface area contributed by atoms with Crippen molar-refractivity contribution in [3.8, 4) is 11.5 Å². The second-order valence-electron chi connectivity index (χ2n) is 7.45. The van der Waals surface area contributed by atoms with Crippen LogP contribution in [0.15, 0.2) is 54.1 Å². The van der Waals surface area contributed by atoms with Crippen molar-refractivity contribution in [1.82, 2.24) is 4.90 Å². The molecule has 2 aromatic carbocycles. The molecule has 3 rings (SSSR count). The largest absolute Gasteiger partial charge is 0.507 e. The van der Waals surface area contributed by atoms with Crippen molar-refractivity contribution < 1.29 is 29.1 Å². The van der Waals surface area contributed by atoms with Crippen molar-refractivity contribution in [2.75, 3.05) is 41.4 Å². The molecule has 30 heavy (non-hydrogen) atoms. The van der Waals surface area contributed by atoms with Gasteiger partial charge in [0.05, 0.1) is 53.0 Å². The number of amides is 1. The predicted octanol–water partition coefficient (Wildman–Crippen LogP) is 1.27. The molecule has 0 unspecified atom stereocenters. The first-order chi connectivity index (χ1) is 14.4. The van der Waals surface area contributed by atoms with Gasteiger partial charge in [0.1, 0.15) is 17.3 Å². The minimum atomic E-state index is -0.683. The summed E-state index contributed by atoms with van der Waals surface area (Å²) in [7, 11) is 7.09. The van der Waals surface area contributed by atoms with E-state index in [4.69, 9.17) is 9.47 Å². The highest BCUT2D eigenvalue weighted by Gasteiger charge is 2.46. The molecule has 0 aliphatic carbocycles. The highest BCUT2D eigenvalue weighted by atomic mass is 16.5. The van der Waals surface area contributed by atoms with E-state index < -0.39 is 17.7 Å². The van der Waals surface area contributed by atoms with Gasteiger partial charge in [-0.3, -0.25) is 9.59 Å². The van der Waals surface area contributed by atoms with Gasteiger partial charge in [0.15, 0.2) is 0 Å². The third-order valence-corrected chi connectivity index (χ3v) is 5.19. The number of rotatable bonds is 7. The minimum Gasteiger partial charge on any atom is -0.507 e. The Morgan fingerprint density at radius 2 is 1.50 bits per heavy atom. The first-order valence-corrected chi connectivity index (χ1v) is 9.73. The maximum absolute atomic E-state index is 12.9. The molecule has 1 atom stereocenters. The van der Waals surface area contributed by atoms with Crippen LogP contribution in [0.3, 0.4) is 0 Å². The van der Waals surface area contributed by atoms with E-state index in [0.717, 1.165) is 10.5 Å². The molecule has 7 heteroatoms. The van der Waals surface area contributed by atoms with Crippen molar-refractivity contribution in [3.63, 3.8) is 0 Å². The fourth-order valence-electron chi connectivity index (χ4n) is 3.49. The Kier molecular flexibility index (Phi) is 6.42. The van der Waals surface area contributed by atoms with E-state index in [1.54, 1.807) is 50.6 Å². The van der Waals surface area contributed by atoms with Crippen LogP contribution in [-0.2, 0) is 9.59 Å². The summed E-state index contributed by atoms with van der Waals surface area (Å²) in [6, 6.07) is 13.2. The Morgan fingerprint density at radius 1 is 0.967 bits per heavy atom. The number of ketones is 1. The van der Waals surface area contributed by atoms with Gasteiger partial charge >= 0.3 is 0 Å². The van der Waals surface area contributed by atoms with Crippen molar-refractivity contribution >= 4 is 17.4 Å². The summed E-state index contributed by atoms with van der Waals surface area (Å²) in [5.74, 6) is -0.183. The van der Waals surface area contributed by atoms with Crippen LogP contribution in [0.25, 0.3) is 5.76 Å². The molecule has 1 aliphatic heterocycles. The Morgan fingerprint density at radius 3 is 2.00 bits per heavy atom. The summed E-state index contributed by atoms with van der Waals surface area (Å²) in [6.45, 7) is 1.06. The zero-order valence-corrected chi connectivity index (χ0v) is 17.6. The number of nitrogens with one attached hydrogen (secondary N) is 1. The molecule has 0 radical (unpaired) electrons. The van der Waals surface area contributed by atoms with Crippen LogP contribution >= 0.6 is 0 Å². The number of aliphatic hydroxyl groups excluding tert-OH is 1. The Balaban J connectivity index is 2.11. The number of carbonyl (C=O) groups excluding carboxylic acids is 2. The molecule has 1 saturated heterocycles. The first-order valence-electron chi connectivity index (χ1n) is 9.73. The summed E-state index contributed by atoms with van der Waals surface area (Å²) in [4.78, 5) is 28.5. The second-order valence-corrected chi connectivity index (χ2v) is 7.45. The average Bonchev–Trinajstić information content (AvgIpc) is 3.02. The van der Waals surface area contributed by atoms with E-state index in [1.165, 1.54) is 4.90 Å². The van der Waals surface area contributed by atoms with Gasteiger partial charge in [-0.15, -0.1) is 0 Å². The number of likely N-dealkylation sites (N-methyl/N-ethyl adjacent to an activating group) is 1. The smallest absolute Gasteiger partial charge is 0.295 e. The Hall–Kier alpha value is -3.32. The standard InChI is InChI=1S/C23H26N2O5/c1-24(2)13-14-25-20(15-5-9-17(29-3)10-6-15)19(22(27)23(25)28)21(26)16-7-11-18(30-4)12-8-16/h5-12,20,26H,13-14H2,1-4H3/p+1/t20-/m0/s1. The maximum Gasteiger partial charge on any atom is 0.295 e. The normalized spacial score (nSPS) is 18.2. The lowest BCUT2D eigenvalue weighted by Crippen LogP contribution is -3.06. The predicted molar refractivity (Wildman–Crippen MR) is 113 cm³/mol. The van der Waals surface area contributed by atoms with E-state index in [2.05, 4.69) is 0 Å². The van der Waals surface area contributed by atoms with Gasteiger partial charge < -0.3 is 24.4 Å². The minimum absolute atomic E-state index is 0.0871. The number of ether oxygens (including phenoxy) is 2. The fourth-order valence-corrected chi connectivity index (χ4v) is 3.49. The van der Waals surface area contributed by atoms with E-state index in [0.29, 0.717) is 30.2 Å². The number of carbonyl (C=O) groups is 2. The number of methoxy groups -OCH3 is 2. The van der Waals surface area contributed by atoms with Gasteiger partial charge in [0, 0.05) is 5.56 Å². The topological polar surface area (TPSA) is 80.5 Å². The van der Waals surface area contributed by atoms with E-state index in [-0.39, 0.29) is 11.3 Å². The van der Waals surface area contributed by atoms with Gasteiger partial charge in [-0.05, 0) is 42.0 Å². The number of Topliss-reactive ketones (excluding diaryl/α,β-unsaturated/α-hetero) is 1. The van der Waals surface area contributed by atoms with Crippen molar-refractivity contribution in [2.24, 2.45) is 0 Å². The second kappa shape index (κ2) is 9.00. The molecule has 158 valence electrons. The molecule has 7 nitrogen and oxygen atoms in total. The number of nitrogens with zero attached hydrogens (tertiary/aromatic N) is 1. The van der Waals surface area contributed by atoms with Gasteiger partial charge in [-0.1, -0.05) is 12.1 Å². The average molecular weight is 411 g/mol. The van der Waals surface area contributed by atoms with E-state index in [9.17, 15) is 14.7 Å². The molecular weight excluding hydrogens is 384 g/mol. The summed E-state index contributed by atoms with van der Waals surface area (Å²) in [5, 5.41) is 11.0. The number of aliphatic hydroxyl groups is 1. The Bertz CT molecular complexity index is 949. The van der Waals surface area contributed by atoms with Crippen LogP contribution in [-0.4, -0.2) is 63.1 Å². The maximum atomic E-state index is 12.9. The lowest BCUT2D eigenvalue weighted by atomic mass is 9.95. The number of benzene rings is 2. The van der Waals surface area contributed by atoms with E-state index in [1.807, 2.05) is 26.2 Å². The van der Waals surface area contributed by atoms with Gasteiger partial charge in [-0.2, -0.15) is 0 Å². The molecule has 0 aromatic heterocycles. The van der Waals surface area contributed by atoms with Crippen molar-refractivity contribution in [1.29, 1.82) is 0 Å². The zero-order chi connectivity index (χ0) is 21.8. The first kappa shape index (κ1) is 21.4. The van der Waals surface area contributed by atoms with Gasteiger partial charge in [0.25, 0.3) is 11.7 Å². The van der Waals surface area contributed by atoms with Crippen molar-refractivity contribution in [3.05, 3.63) is 65.2 Å². The van der Waals surface area contributed by atoms with Crippen molar-refractivity contribution in [2.45, 2.75) is 6.04 Å². The van der Waals surface area contributed by atoms with Crippen LogP contribution in [0.2, 0.25) is 0 Å². The molecule has 0 saturated carbocycles. The third-order valence-electron chi connectivity index (χ3n) is 5.19. The summed E-state index contributed by atoms with van der Waals surface area (Å²) in [6.07, 6.45) is 0. The molecular formula is C23H27N2O5+. The van der Waals surface area contributed by atoms with Crippen LogP contribution < -0.4 is 14.4 Å². The summed E-state index contributed by atoms with van der Waals surface area (Å²) in [5.41, 5.74) is 1.27. The van der Waals surface area contributed by atoms with Crippen LogP contribution in [0.1, 0.15) is 17.2 Å². The molecule has 1 aliphatic rings. The van der Waals surface area contributed by atoms with Crippen LogP contribution in [0, 0.1) is 0 Å². The van der Waals surface area contributed by atoms with Gasteiger partial charge in [-0.25, -0.2) is 0 Å². The van der Waals surface area contributed by atoms with Crippen LogP contribution in [0.4, 0.5) is 0 Å². The molecule has 2 N–H and O–H groups in total. The fraction of sp³-hybridized carbons (Fsp3) is 0.304. The molecule has 1 fully saturated rings. The SMILES string of the molecule is COc1ccc(C(O)=C2C(=O)C(=O)N(CC[NH+](C)C)[C@H]2c2ccc(OC)cc2)cc1. The quantitative estimate of drug-likeness (QED) is 0.408.